The van der Waals surface area contributed by atoms with Gasteiger partial charge in [0.25, 0.3) is 0 Å². The normalized spacial score (nSPS) is 12.9. The molecule has 0 aliphatic rings. The van der Waals surface area contributed by atoms with Gasteiger partial charge in [0.15, 0.2) is 6.10 Å². The Morgan fingerprint density at radius 1 is 1.32 bits per heavy atom. The minimum Gasteiger partial charge on any atom is -0.479 e. The van der Waals surface area contributed by atoms with Gasteiger partial charge in [-0.25, -0.2) is 4.79 Å². The third-order valence-corrected chi connectivity index (χ3v) is 2.21. The average Bonchev–Trinajstić information content (AvgIpc) is 2.24. The van der Waals surface area contributed by atoms with Crippen molar-refractivity contribution in [2.24, 2.45) is 0 Å². The summed E-state index contributed by atoms with van der Waals surface area (Å²) in [6.45, 7) is 0. The molecule has 0 aliphatic heterocycles. The summed E-state index contributed by atoms with van der Waals surface area (Å²) in [7, 11) is 3.12. The molecule has 0 spiro atoms. The molecule has 1 atom stereocenters. The number of benzene rings is 1. The molecule has 1 aromatic rings. The van der Waals surface area contributed by atoms with Gasteiger partial charge in [-0.15, -0.1) is 13.2 Å². The molecule has 0 fully saturated rings. The van der Waals surface area contributed by atoms with Gasteiger partial charge in [0.1, 0.15) is 5.75 Å². The van der Waals surface area contributed by atoms with Gasteiger partial charge in [-0.2, -0.15) is 0 Å². The molecule has 0 saturated heterocycles. The number of aliphatic hydroxyl groups is 1. The zero-order valence-electron chi connectivity index (χ0n) is 10.1. The number of hydrogen-bond donors (Lipinski definition) is 2. The molecule has 0 radical (unpaired) electrons. The van der Waals surface area contributed by atoms with Gasteiger partial charge in [-0.3, -0.25) is 0 Å². The Balaban J connectivity index is 3.22. The summed E-state index contributed by atoms with van der Waals surface area (Å²) in [6, 6.07) is 3.19. The van der Waals surface area contributed by atoms with E-state index in [0.717, 1.165) is 12.1 Å². The van der Waals surface area contributed by atoms with Crippen LogP contribution in [-0.4, -0.2) is 36.6 Å². The van der Waals surface area contributed by atoms with Crippen molar-refractivity contribution in [1.29, 1.82) is 0 Å². The van der Waals surface area contributed by atoms with Crippen LogP contribution in [0.4, 0.5) is 18.9 Å². The second kappa shape index (κ2) is 5.35. The summed E-state index contributed by atoms with van der Waals surface area (Å²) >= 11 is 0. The van der Waals surface area contributed by atoms with Crippen LogP contribution in [-0.2, 0) is 4.79 Å². The van der Waals surface area contributed by atoms with Crippen LogP contribution in [0.25, 0.3) is 0 Å². The smallest absolute Gasteiger partial charge is 0.479 e. The van der Waals surface area contributed by atoms with E-state index in [1.54, 1.807) is 14.1 Å². The zero-order valence-corrected chi connectivity index (χ0v) is 10.1. The molecule has 1 aromatic carbocycles. The number of halogens is 3. The summed E-state index contributed by atoms with van der Waals surface area (Å²) in [5, 5.41) is 18.0. The summed E-state index contributed by atoms with van der Waals surface area (Å²) in [5.74, 6) is -2.15. The van der Waals surface area contributed by atoms with E-state index in [-0.39, 0.29) is 11.3 Å². The van der Waals surface area contributed by atoms with Crippen molar-refractivity contribution < 1.29 is 32.9 Å². The van der Waals surface area contributed by atoms with Crippen LogP contribution in [0.1, 0.15) is 11.7 Å². The predicted octanol–water partition coefficient (Wildman–Crippen LogP) is 1.77. The highest BCUT2D eigenvalue weighted by molar-refractivity contribution is 5.75. The fourth-order valence-corrected chi connectivity index (χ4v) is 1.36. The van der Waals surface area contributed by atoms with Gasteiger partial charge in [-0.1, -0.05) is 0 Å². The number of carbonyl (C=O) groups is 1. The maximum atomic E-state index is 12.2. The number of carboxylic acid groups (broad SMARTS) is 1. The lowest BCUT2D eigenvalue weighted by atomic mass is 10.1. The lowest BCUT2D eigenvalue weighted by molar-refractivity contribution is -0.274. The first-order chi connectivity index (χ1) is 8.60. The quantitative estimate of drug-likeness (QED) is 0.879. The lowest BCUT2D eigenvalue weighted by Crippen LogP contribution is -2.19. The third-order valence-electron chi connectivity index (χ3n) is 2.21. The standard InChI is InChI=1S/C11H12F3NO4/c1-15(2)7-3-6(9(16)10(17)18)4-8(5-7)19-11(12,13)14/h3-5,9,16H,1-2H3,(H,17,18). The number of anilines is 1. The average molecular weight is 279 g/mol. The molecule has 1 unspecified atom stereocenters. The van der Waals surface area contributed by atoms with Crippen molar-refractivity contribution in [3.05, 3.63) is 23.8 Å². The Morgan fingerprint density at radius 3 is 2.32 bits per heavy atom. The fourth-order valence-electron chi connectivity index (χ4n) is 1.36. The number of alkyl halides is 3. The van der Waals surface area contributed by atoms with E-state index in [1.807, 2.05) is 0 Å². The molecule has 106 valence electrons. The van der Waals surface area contributed by atoms with E-state index in [1.165, 1.54) is 11.0 Å². The molecule has 0 saturated carbocycles. The Hall–Kier alpha value is -1.96. The SMILES string of the molecule is CN(C)c1cc(OC(F)(F)F)cc(C(O)C(=O)O)c1. The molecule has 19 heavy (non-hydrogen) atoms. The van der Waals surface area contributed by atoms with Crippen molar-refractivity contribution in [2.45, 2.75) is 12.5 Å². The fraction of sp³-hybridized carbons (Fsp3) is 0.364. The topological polar surface area (TPSA) is 70.0 Å². The minimum atomic E-state index is -4.89. The van der Waals surface area contributed by atoms with Crippen molar-refractivity contribution in [3.8, 4) is 5.75 Å². The number of hydrogen-bond acceptors (Lipinski definition) is 4. The number of nitrogens with zero attached hydrogens (tertiary/aromatic N) is 1. The number of aliphatic hydroxyl groups excluding tert-OH is 1. The van der Waals surface area contributed by atoms with Crippen molar-refractivity contribution in [1.82, 2.24) is 0 Å². The molecular weight excluding hydrogens is 267 g/mol. The van der Waals surface area contributed by atoms with Crippen LogP contribution >= 0.6 is 0 Å². The van der Waals surface area contributed by atoms with Crippen molar-refractivity contribution >= 4 is 11.7 Å². The maximum absolute atomic E-state index is 12.2. The first-order valence-corrected chi connectivity index (χ1v) is 5.09. The molecule has 0 aromatic heterocycles. The third kappa shape index (κ3) is 4.32. The predicted molar refractivity (Wildman–Crippen MR) is 60.0 cm³/mol. The van der Waals surface area contributed by atoms with Crippen LogP contribution in [0, 0.1) is 0 Å². The number of aliphatic carboxylic acids is 1. The summed E-state index contributed by atoms with van der Waals surface area (Å²) in [6.07, 6.45) is -6.81. The molecule has 1 rings (SSSR count). The molecule has 0 amide bonds. The van der Waals surface area contributed by atoms with Crippen LogP contribution in [0.3, 0.4) is 0 Å². The molecule has 8 heteroatoms. The summed E-state index contributed by atoms with van der Waals surface area (Å²) in [5.41, 5.74) is 0.0787. The molecule has 0 bridgehead atoms. The highest BCUT2D eigenvalue weighted by Gasteiger charge is 2.32. The zero-order chi connectivity index (χ0) is 14.8. The molecule has 0 aliphatic carbocycles. The summed E-state index contributed by atoms with van der Waals surface area (Å²) in [4.78, 5) is 12.1. The molecule has 2 N–H and O–H groups in total. The lowest BCUT2D eigenvalue weighted by Gasteiger charge is -2.18. The van der Waals surface area contributed by atoms with E-state index in [9.17, 15) is 23.1 Å². The van der Waals surface area contributed by atoms with Gasteiger partial charge < -0.3 is 19.8 Å². The van der Waals surface area contributed by atoms with E-state index >= 15 is 0 Å². The van der Waals surface area contributed by atoms with E-state index in [0.29, 0.717) is 0 Å². The van der Waals surface area contributed by atoms with Crippen LogP contribution in [0.15, 0.2) is 18.2 Å². The monoisotopic (exact) mass is 279 g/mol. The van der Waals surface area contributed by atoms with Gasteiger partial charge in [0, 0.05) is 25.8 Å². The Morgan fingerprint density at radius 2 is 1.89 bits per heavy atom. The van der Waals surface area contributed by atoms with Gasteiger partial charge in [-0.05, 0) is 17.7 Å². The highest BCUT2D eigenvalue weighted by atomic mass is 19.4. The minimum absolute atomic E-state index is 0.196. The Labute approximate surface area is 106 Å². The van der Waals surface area contributed by atoms with Crippen molar-refractivity contribution in [3.63, 3.8) is 0 Å². The Kier molecular flexibility index (Phi) is 4.25. The van der Waals surface area contributed by atoms with Gasteiger partial charge in [0.05, 0.1) is 0 Å². The second-order valence-corrected chi connectivity index (χ2v) is 3.94. The second-order valence-electron chi connectivity index (χ2n) is 3.94. The van der Waals surface area contributed by atoms with E-state index < -0.39 is 24.2 Å². The molecule has 0 heterocycles. The van der Waals surface area contributed by atoms with Crippen molar-refractivity contribution in [2.75, 3.05) is 19.0 Å². The number of ether oxygens (including phenoxy) is 1. The summed E-state index contributed by atoms with van der Waals surface area (Å²) < 4.78 is 40.2. The Bertz CT molecular complexity index is 473. The van der Waals surface area contributed by atoms with Crippen LogP contribution in [0.2, 0.25) is 0 Å². The van der Waals surface area contributed by atoms with Gasteiger partial charge in [0.2, 0.25) is 0 Å². The van der Waals surface area contributed by atoms with Gasteiger partial charge >= 0.3 is 12.3 Å². The number of carboxylic acids is 1. The van der Waals surface area contributed by atoms with Crippen LogP contribution in [0.5, 0.6) is 5.75 Å². The highest BCUT2D eigenvalue weighted by Crippen LogP contribution is 2.30. The largest absolute Gasteiger partial charge is 0.573 e. The van der Waals surface area contributed by atoms with E-state index in [2.05, 4.69) is 4.74 Å². The first-order valence-electron chi connectivity index (χ1n) is 5.09. The molecular formula is C11H12F3NO4. The maximum Gasteiger partial charge on any atom is 0.573 e. The first kappa shape index (κ1) is 15.1. The number of rotatable bonds is 4. The van der Waals surface area contributed by atoms with Crippen LogP contribution < -0.4 is 9.64 Å². The van der Waals surface area contributed by atoms with E-state index in [4.69, 9.17) is 5.11 Å². The molecule has 5 nitrogen and oxygen atoms in total.